The van der Waals surface area contributed by atoms with Crippen LogP contribution in [0.3, 0.4) is 0 Å². The highest BCUT2D eigenvalue weighted by Gasteiger charge is 2.28. The van der Waals surface area contributed by atoms with Crippen molar-refractivity contribution in [1.82, 2.24) is 25.0 Å². The van der Waals surface area contributed by atoms with Crippen molar-refractivity contribution in [2.75, 3.05) is 5.73 Å². The van der Waals surface area contributed by atoms with E-state index >= 15 is 0 Å². The molecule has 3 aromatic rings. The van der Waals surface area contributed by atoms with Crippen molar-refractivity contribution in [2.45, 2.75) is 46.3 Å². The Morgan fingerprint density at radius 2 is 1.70 bits per heavy atom. The average molecular weight is 447 g/mol. The van der Waals surface area contributed by atoms with Crippen molar-refractivity contribution in [1.29, 1.82) is 0 Å². The number of amides is 3. The third-order valence-corrected chi connectivity index (χ3v) is 5.76. The second-order valence-electron chi connectivity index (χ2n) is 8.23. The van der Waals surface area contributed by atoms with Crippen molar-refractivity contribution in [2.24, 2.45) is 0 Å². The Kier molecular flexibility index (Phi) is 6.21. The molecule has 0 atom stereocenters. The Hall–Kier alpha value is -4.01. The first kappa shape index (κ1) is 22.2. The zero-order valence-corrected chi connectivity index (χ0v) is 18.7. The van der Waals surface area contributed by atoms with Gasteiger partial charge in [-0.05, 0) is 42.2 Å². The van der Waals surface area contributed by atoms with Crippen LogP contribution in [0.4, 0.5) is 5.82 Å². The highest BCUT2D eigenvalue weighted by Crippen LogP contribution is 2.17. The smallest absolute Gasteiger partial charge is 0.254 e. The van der Waals surface area contributed by atoms with Crippen LogP contribution in [0.15, 0.2) is 42.7 Å². The van der Waals surface area contributed by atoms with E-state index in [0.29, 0.717) is 43.9 Å². The largest absolute Gasteiger partial charge is 0.384 e. The molecule has 0 bridgehead atoms. The topological polar surface area (TPSA) is 123 Å². The number of nitrogen functional groups attached to an aromatic ring is 1. The summed E-state index contributed by atoms with van der Waals surface area (Å²) in [6.45, 7) is 4.96. The number of likely N-dealkylation sites (tertiary alicyclic amines) is 1. The highest BCUT2D eigenvalue weighted by atomic mass is 16.2. The number of aromatic nitrogens is 3. The molecular weight excluding hydrogens is 420 g/mol. The summed E-state index contributed by atoms with van der Waals surface area (Å²) in [5.74, 6) is 0.00776. The average Bonchev–Trinajstić information content (AvgIpc) is 3.36. The number of imide groups is 1. The Morgan fingerprint density at radius 3 is 2.33 bits per heavy atom. The van der Waals surface area contributed by atoms with Gasteiger partial charge in [0.05, 0.1) is 24.8 Å². The Balaban J connectivity index is 1.34. The number of pyridine rings is 1. The standard InChI is InChI=1S/C24H26N6O3/c1-15-9-21(25)28-16(2)20(15)11-26-24(33)19-10-27-29(14-19)12-17-3-5-18(6-4-17)13-30-22(31)7-8-23(30)32/h3-6,9-10,14H,7-8,11-13H2,1-2H3,(H2,25,28)(H,26,33). The second kappa shape index (κ2) is 9.23. The maximum atomic E-state index is 12.6. The van der Waals surface area contributed by atoms with Crippen LogP contribution in [0.5, 0.6) is 0 Å². The van der Waals surface area contributed by atoms with Gasteiger partial charge in [-0.25, -0.2) is 4.98 Å². The molecule has 0 aliphatic carbocycles. The number of rotatable bonds is 7. The van der Waals surface area contributed by atoms with Gasteiger partial charge in [0.2, 0.25) is 11.8 Å². The summed E-state index contributed by atoms with van der Waals surface area (Å²) >= 11 is 0. The molecule has 4 rings (SSSR count). The number of nitrogens with two attached hydrogens (primary N) is 1. The van der Waals surface area contributed by atoms with E-state index < -0.39 is 0 Å². The molecule has 1 aliphatic rings. The lowest BCUT2D eigenvalue weighted by atomic mass is 10.1. The first-order valence-electron chi connectivity index (χ1n) is 10.7. The zero-order chi connectivity index (χ0) is 23.5. The van der Waals surface area contributed by atoms with Gasteiger partial charge in [0, 0.05) is 31.3 Å². The molecule has 0 spiro atoms. The first-order chi connectivity index (χ1) is 15.8. The van der Waals surface area contributed by atoms with Gasteiger partial charge in [0.1, 0.15) is 5.82 Å². The zero-order valence-electron chi connectivity index (χ0n) is 18.7. The molecule has 2 aromatic heterocycles. The van der Waals surface area contributed by atoms with Crippen LogP contribution in [0.1, 0.15) is 51.1 Å². The van der Waals surface area contributed by atoms with E-state index in [2.05, 4.69) is 15.4 Å². The molecule has 3 amide bonds. The summed E-state index contributed by atoms with van der Waals surface area (Å²) in [4.78, 5) is 41.7. The quantitative estimate of drug-likeness (QED) is 0.536. The normalized spacial score (nSPS) is 13.6. The van der Waals surface area contributed by atoms with Gasteiger partial charge < -0.3 is 11.1 Å². The van der Waals surface area contributed by atoms with Gasteiger partial charge in [0.15, 0.2) is 0 Å². The van der Waals surface area contributed by atoms with E-state index in [4.69, 9.17) is 5.73 Å². The van der Waals surface area contributed by atoms with E-state index in [0.717, 1.165) is 27.9 Å². The molecule has 3 N–H and O–H groups in total. The number of nitrogens with one attached hydrogen (secondary N) is 1. The number of nitrogens with zero attached hydrogens (tertiary/aromatic N) is 4. The summed E-state index contributed by atoms with van der Waals surface area (Å²) < 4.78 is 1.69. The van der Waals surface area contributed by atoms with Gasteiger partial charge in [-0.2, -0.15) is 5.10 Å². The molecule has 1 aliphatic heterocycles. The van der Waals surface area contributed by atoms with Gasteiger partial charge in [-0.15, -0.1) is 0 Å². The second-order valence-corrected chi connectivity index (χ2v) is 8.23. The number of anilines is 1. The molecule has 1 aromatic carbocycles. The lowest BCUT2D eigenvalue weighted by molar-refractivity contribution is -0.139. The lowest BCUT2D eigenvalue weighted by Crippen LogP contribution is -2.28. The van der Waals surface area contributed by atoms with E-state index in [1.165, 1.54) is 11.1 Å². The maximum absolute atomic E-state index is 12.6. The van der Waals surface area contributed by atoms with Gasteiger partial charge in [0.25, 0.3) is 5.91 Å². The SMILES string of the molecule is Cc1cc(N)nc(C)c1CNC(=O)c1cnn(Cc2ccc(CN3C(=O)CCC3=O)cc2)c1. The molecule has 0 radical (unpaired) electrons. The van der Waals surface area contributed by atoms with Crippen molar-refractivity contribution < 1.29 is 14.4 Å². The van der Waals surface area contributed by atoms with Crippen LogP contribution in [-0.4, -0.2) is 37.4 Å². The fourth-order valence-electron chi connectivity index (χ4n) is 3.91. The molecule has 33 heavy (non-hydrogen) atoms. The number of aryl methyl sites for hydroxylation is 2. The molecular formula is C24H26N6O3. The third kappa shape index (κ3) is 5.08. The van der Waals surface area contributed by atoms with Gasteiger partial charge in [-0.3, -0.25) is 24.0 Å². The summed E-state index contributed by atoms with van der Waals surface area (Å²) in [5, 5.41) is 7.20. The van der Waals surface area contributed by atoms with E-state index in [-0.39, 0.29) is 17.7 Å². The number of carbonyl (C=O) groups excluding carboxylic acids is 3. The number of benzene rings is 1. The van der Waals surface area contributed by atoms with Gasteiger partial charge >= 0.3 is 0 Å². The summed E-state index contributed by atoms with van der Waals surface area (Å²) in [6.07, 6.45) is 3.82. The lowest BCUT2D eigenvalue weighted by Gasteiger charge is -2.14. The third-order valence-electron chi connectivity index (χ3n) is 5.76. The highest BCUT2D eigenvalue weighted by molar-refractivity contribution is 6.01. The molecule has 9 heteroatoms. The molecule has 9 nitrogen and oxygen atoms in total. The minimum atomic E-state index is -0.216. The first-order valence-corrected chi connectivity index (χ1v) is 10.7. The Labute approximate surface area is 191 Å². The molecule has 1 fully saturated rings. The fourth-order valence-corrected chi connectivity index (χ4v) is 3.91. The predicted octanol–water partition coefficient (Wildman–Crippen LogP) is 2.10. The Morgan fingerprint density at radius 1 is 1.06 bits per heavy atom. The van der Waals surface area contributed by atoms with E-state index in [1.807, 2.05) is 38.1 Å². The van der Waals surface area contributed by atoms with Crippen LogP contribution >= 0.6 is 0 Å². The summed E-state index contributed by atoms with van der Waals surface area (Å²) in [6, 6.07) is 9.45. The van der Waals surface area contributed by atoms with E-state index in [9.17, 15) is 14.4 Å². The molecule has 0 unspecified atom stereocenters. The van der Waals surface area contributed by atoms with E-state index in [1.54, 1.807) is 16.9 Å². The van der Waals surface area contributed by atoms with Gasteiger partial charge in [-0.1, -0.05) is 24.3 Å². The van der Waals surface area contributed by atoms with Crippen molar-refractivity contribution in [3.63, 3.8) is 0 Å². The van der Waals surface area contributed by atoms with Crippen LogP contribution in [0.2, 0.25) is 0 Å². The minimum absolute atomic E-state index is 0.121. The van der Waals surface area contributed by atoms with Crippen LogP contribution < -0.4 is 11.1 Å². The number of hydrogen-bond donors (Lipinski definition) is 2. The minimum Gasteiger partial charge on any atom is -0.384 e. The molecule has 3 heterocycles. The predicted molar refractivity (Wildman–Crippen MR) is 122 cm³/mol. The summed E-state index contributed by atoms with van der Waals surface area (Å²) in [7, 11) is 0. The van der Waals surface area contributed by atoms with Crippen LogP contribution in [0, 0.1) is 13.8 Å². The summed E-state index contributed by atoms with van der Waals surface area (Å²) in [5.41, 5.74) is 10.8. The van der Waals surface area contributed by atoms with Crippen molar-refractivity contribution >= 4 is 23.5 Å². The maximum Gasteiger partial charge on any atom is 0.254 e. The van der Waals surface area contributed by atoms with Crippen molar-refractivity contribution in [3.05, 3.63) is 76.2 Å². The Bertz CT molecular complexity index is 1180. The molecule has 1 saturated heterocycles. The fraction of sp³-hybridized carbons (Fsp3) is 0.292. The van der Waals surface area contributed by atoms with Crippen LogP contribution in [0.25, 0.3) is 0 Å². The molecule has 170 valence electrons. The number of hydrogen-bond acceptors (Lipinski definition) is 6. The van der Waals surface area contributed by atoms with Crippen molar-refractivity contribution in [3.8, 4) is 0 Å². The molecule has 0 saturated carbocycles. The van der Waals surface area contributed by atoms with Crippen LogP contribution in [-0.2, 0) is 29.2 Å². The number of carbonyl (C=O) groups is 3. The monoisotopic (exact) mass is 446 g/mol.